The van der Waals surface area contributed by atoms with Crippen LogP contribution in [0.1, 0.15) is 22.9 Å². The van der Waals surface area contributed by atoms with Crippen molar-refractivity contribution in [1.82, 2.24) is 10.3 Å². The second-order valence-electron chi connectivity index (χ2n) is 4.07. The molecule has 3 nitrogen and oxygen atoms in total. The summed E-state index contributed by atoms with van der Waals surface area (Å²) in [6, 6.07) is 6.47. The molecule has 0 spiro atoms. The van der Waals surface area contributed by atoms with Gasteiger partial charge in [0.1, 0.15) is 5.75 Å². The van der Waals surface area contributed by atoms with Crippen molar-refractivity contribution in [3.63, 3.8) is 0 Å². The fourth-order valence-electron chi connectivity index (χ4n) is 2.30. The fraction of sp³-hybridized carbons (Fsp3) is 0.308. The van der Waals surface area contributed by atoms with Gasteiger partial charge in [-0.1, -0.05) is 18.2 Å². The molecule has 0 radical (unpaired) electrons. The van der Waals surface area contributed by atoms with Crippen molar-refractivity contribution in [2.24, 2.45) is 0 Å². The second kappa shape index (κ2) is 4.47. The summed E-state index contributed by atoms with van der Waals surface area (Å²) in [6.45, 7) is 0.792. The lowest BCUT2D eigenvalue weighted by molar-refractivity contribution is 0.351. The zero-order valence-corrected chi connectivity index (χ0v) is 10.5. The largest absolute Gasteiger partial charge is 0.493 e. The Labute approximate surface area is 104 Å². The summed E-state index contributed by atoms with van der Waals surface area (Å²) in [5.41, 5.74) is 5.41. The van der Waals surface area contributed by atoms with Crippen LogP contribution in [0.25, 0.3) is 0 Å². The zero-order valence-electron chi connectivity index (χ0n) is 9.64. The molecule has 2 aromatic rings. The van der Waals surface area contributed by atoms with Crippen LogP contribution in [-0.4, -0.2) is 18.6 Å². The van der Waals surface area contributed by atoms with Crippen LogP contribution in [0.5, 0.6) is 5.75 Å². The maximum atomic E-state index is 5.75. The lowest BCUT2D eigenvalue weighted by Gasteiger charge is -2.17. The predicted octanol–water partition coefficient (Wildman–Crippen LogP) is 2.39. The average molecular weight is 246 g/mol. The smallest absolute Gasteiger partial charge is 0.127 e. The normalized spacial score (nSPS) is 15.4. The van der Waals surface area contributed by atoms with E-state index in [0.29, 0.717) is 0 Å². The molecule has 2 heterocycles. The van der Waals surface area contributed by atoms with Gasteiger partial charge in [0, 0.05) is 17.4 Å². The summed E-state index contributed by atoms with van der Waals surface area (Å²) < 4.78 is 5.75. The number of para-hydroxylation sites is 1. The molecule has 1 N–H and O–H groups in total. The van der Waals surface area contributed by atoms with Crippen LogP contribution in [0.15, 0.2) is 29.1 Å². The molecule has 1 unspecified atom stereocenters. The van der Waals surface area contributed by atoms with Gasteiger partial charge in [0.15, 0.2) is 0 Å². The van der Waals surface area contributed by atoms with Gasteiger partial charge in [-0.25, -0.2) is 4.98 Å². The van der Waals surface area contributed by atoms with Crippen LogP contribution < -0.4 is 10.1 Å². The van der Waals surface area contributed by atoms with Crippen LogP contribution in [-0.2, 0) is 6.42 Å². The van der Waals surface area contributed by atoms with Crippen LogP contribution in [0.4, 0.5) is 0 Å². The first-order valence-electron chi connectivity index (χ1n) is 5.70. The number of hydrogen-bond acceptors (Lipinski definition) is 4. The van der Waals surface area contributed by atoms with E-state index >= 15 is 0 Å². The molecule has 1 atom stereocenters. The van der Waals surface area contributed by atoms with E-state index in [2.05, 4.69) is 33.9 Å². The van der Waals surface area contributed by atoms with Gasteiger partial charge >= 0.3 is 0 Å². The van der Waals surface area contributed by atoms with E-state index in [1.807, 2.05) is 12.6 Å². The molecule has 4 heteroatoms. The Kier molecular flexibility index (Phi) is 2.82. The highest BCUT2D eigenvalue weighted by Crippen LogP contribution is 2.35. The summed E-state index contributed by atoms with van der Waals surface area (Å²) in [6.07, 6.45) is 1.01. The number of ether oxygens (including phenoxy) is 1. The maximum Gasteiger partial charge on any atom is 0.127 e. The van der Waals surface area contributed by atoms with Crippen molar-refractivity contribution in [2.75, 3.05) is 13.7 Å². The summed E-state index contributed by atoms with van der Waals surface area (Å²) in [4.78, 5) is 4.39. The van der Waals surface area contributed by atoms with Gasteiger partial charge in [0.2, 0.25) is 0 Å². The minimum absolute atomic E-state index is 0.120. The van der Waals surface area contributed by atoms with Crippen LogP contribution in [0.3, 0.4) is 0 Å². The SMILES string of the molecule is CNC(c1cscn1)c1cccc2c1OCC2. The van der Waals surface area contributed by atoms with Crippen molar-refractivity contribution < 1.29 is 4.74 Å². The molecule has 0 saturated carbocycles. The van der Waals surface area contributed by atoms with E-state index in [9.17, 15) is 0 Å². The van der Waals surface area contributed by atoms with Crippen LogP contribution in [0, 0.1) is 0 Å². The first-order valence-corrected chi connectivity index (χ1v) is 6.64. The molecule has 3 rings (SSSR count). The number of nitrogens with one attached hydrogen (secondary N) is 1. The molecule has 0 aliphatic carbocycles. The highest BCUT2D eigenvalue weighted by molar-refractivity contribution is 7.07. The molecular formula is C13H14N2OS. The zero-order chi connectivity index (χ0) is 11.7. The van der Waals surface area contributed by atoms with E-state index in [-0.39, 0.29) is 6.04 Å². The summed E-state index contributed by atoms with van der Waals surface area (Å²) in [5, 5.41) is 5.39. The van der Waals surface area contributed by atoms with Gasteiger partial charge in [0.25, 0.3) is 0 Å². The van der Waals surface area contributed by atoms with Crippen LogP contribution >= 0.6 is 11.3 Å². The number of hydrogen-bond donors (Lipinski definition) is 1. The highest BCUT2D eigenvalue weighted by atomic mass is 32.1. The summed E-state index contributed by atoms with van der Waals surface area (Å²) >= 11 is 1.62. The number of aromatic nitrogens is 1. The van der Waals surface area contributed by atoms with Gasteiger partial charge < -0.3 is 10.1 Å². The molecule has 0 saturated heterocycles. The fourth-order valence-corrected chi connectivity index (χ4v) is 2.87. The minimum atomic E-state index is 0.120. The summed E-state index contributed by atoms with van der Waals surface area (Å²) in [7, 11) is 1.96. The maximum absolute atomic E-state index is 5.75. The number of rotatable bonds is 3. The quantitative estimate of drug-likeness (QED) is 0.903. The molecule has 0 bridgehead atoms. The van der Waals surface area contributed by atoms with Gasteiger partial charge in [-0.05, 0) is 12.6 Å². The highest BCUT2D eigenvalue weighted by Gasteiger charge is 2.23. The Balaban J connectivity index is 2.06. The van der Waals surface area contributed by atoms with Crippen molar-refractivity contribution in [1.29, 1.82) is 0 Å². The number of fused-ring (bicyclic) bond motifs is 1. The average Bonchev–Trinajstić information content (AvgIpc) is 3.00. The van der Waals surface area contributed by atoms with Gasteiger partial charge in [-0.3, -0.25) is 0 Å². The van der Waals surface area contributed by atoms with Crippen LogP contribution in [0.2, 0.25) is 0 Å². The Hall–Kier alpha value is -1.39. The Morgan fingerprint density at radius 2 is 2.41 bits per heavy atom. The third-order valence-corrected chi connectivity index (χ3v) is 3.70. The van der Waals surface area contributed by atoms with E-state index in [4.69, 9.17) is 4.74 Å². The summed E-state index contributed by atoms with van der Waals surface area (Å²) in [5.74, 6) is 1.04. The second-order valence-corrected chi connectivity index (χ2v) is 4.79. The minimum Gasteiger partial charge on any atom is -0.493 e. The molecule has 1 aliphatic rings. The standard InChI is InChI=1S/C13H14N2OS/c1-14-12(11-7-17-8-15-11)10-4-2-3-9-5-6-16-13(9)10/h2-4,7-8,12,14H,5-6H2,1H3. The lowest BCUT2D eigenvalue weighted by atomic mass is 10.0. The topological polar surface area (TPSA) is 34.2 Å². The van der Waals surface area contributed by atoms with E-state index < -0.39 is 0 Å². The molecular weight excluding hydrogens is 232 g/mol. The van der Waals surface area contributed by atoms with Crippen molar-refractivity contribution in [2.45, 2.75) is 12.5 Å². The third kappa shape index (κ3) is 1.83. The number of thiazole rings is 1. The molecule has 1 aliphatic heterocycles. The molecule has 1 aromatic heterocycles. The van der Waals surface area contributed by atoms with E-state index in [0.717, 1.165) is 24.5 Å². The lowest BCUT2D eigenvalue weighted by Crippen LogP contribution is -2.18. The monoisotopic (exact) mass is 246 g/mol. The molecule has 1 aromatic carbocycles. The third-order valence-electron chi connectivity index (χ3n) is 3.09. The number of benzene rings is 1. The molecule has 88 valence electrons. The Morgan fingerprint density at radius 3 is 3.18 bits per heavy atom. The van der Waals surface area contributed by atoms with Gasteiger partial charge in [-0.2, -0.15) is 0 Å². The first kappa shape index (κ1) is 10.7. The first-order chi connectivity index (χ1) is 8.40. The Bertz CT molecular complexity index is 510. The van der Waals surface area contributed by atoms with Crippen molar-refractivity contribution >= 4 is 11.3 Å². The van der Waals surface area contributed by atoms with Crippen molar-refractivity contribution in [3.05, 3.63) is 45.9 Å². The molecule has 17 heavy (non-hydrogen) atoms. The van der Waals surface area contributed by atoms with E-state index in [1.54, 1.807) is 11.3 Å². The van der Waals surface area contributed by atoms with Gasteiger partial charge in [-0.15, -0.1) is 11.3 Å². The number of nitrogens with zero attached hydrogens (tertiary/aromatic N) is 1. The van der Waals surface area contributed by atoms with Gasteiger partial charge in [0.05, 0.1) is 23.9 Å². The van der Waals surface area contributed by atoms with Crippen molar-refractivity contribution in [3.8, 4) is 5.75 Å². The van der Waals surface area contributed by atoms with E-state index in [1.165, 1.54) is 11.1 Å². The molecule has 0 fully saturated rings. The predicted molar refractivity (Wildman–Crippen MR) is 68.7 cm³/mol. The Morgan fingerprint density at radius 1 is 1.47 bits per heavy atom. The molecule has 0 amide bonds.